The summed E-state index contributed by atoms with van der Waals surface area (Å²) in [5.74, 6) is 0.723. The number of para-hydroxylation sites is 1. The highest BCUT2D eigenvalue weighted by Crippen LogP contribution is 2.31. The lowest BCUT2D eigenvalue weighted by molar-refractivity contribution is 0.0945. The second kappa shape index (κ2) is 7.85. The van der Waals surface area contributed by atoms with Crippen LogP contribution in [0.4, 0.5) is 0 Å². The van der Waals surface area contributed by atoms with Crippen LogP contribution in [-0.4, -0.2) is 21.9 Å². The summed E-state index contributed by atoms with van der Waals surface area (Å²) < 4.78 is 12.5. The number of fused-ring (bicyclic) bond motifs is 2. The van der Waals surface area contributed by atoms with Gasteiger partial charge in [-0.25, -0.2) is 4.98 Å². The average molecular weight is 430 g/mol. The van der Waals surface area contributed by atoms with Crippen molar-refractivity contribution in [3.05, 3.63) is 82.4 Å². The minimum absolute atomic E-state index is 0.139. The van der Waals surface area contributed by atoms with Crippen LogP contribution in [0.2, 0.25) is 0 Å². The van der Waals surface area contributed by atoms with Gasteiger partial charge in [-0.3, -0.25) is 14.2 Å². The van der Waals surface area contributed by atoms with Crippen LogP contribution >= 0.6 is 11.3 Å². The molecule has 0 saturated heterocycles. The molecule has 0 N–H and O–H groups in total. The number of rotatable bonds is 6. The van der Waals surface area contributed by atoms with E-state index in [1.165, 1.54) is 22.2 Å². The fourth-order valence-corrected chi connectivity index (χ4v) is 4.45. The van der Waals surface area contributed by atoms with Crippen molar-refractivity contribution < 1.29 is 13.9 Å². The maximum absolute atomic E-state index is 13.2. The van der Waals surface area contributed by atoms with Crippen molar-refractivity contribution in [2.75, 3.05) is 6.61 Å². The molecule has 0 spiro atoms. The summed E-state index contributed by atoms with van der Waals surface area (Å²) in [6.45, 7) is 2.38. The predicted molar refractivity (Wildman–Crippen MR) is 121 cm³/mol. The van der Waals surface area contributed by atoms with Gasteiger partial charge in [0.1, 0.15) is 16.2 Å². The Bertz CT molecular complexity index is 1430. The van der Waals surface area contributed by atoms with Crippen LogP contribution in [0.25, 0.3) is 32.3 Å². The maximum Gasteiger partial charge on any atom is 0.263 e. The normalized spacial score (nSPS) is 11.3. The highest BCUT2D eigenvalue weighted by atomic mass is 32.1. The summed E-state index contributed by atoms with van der Waals surface area (Å²) in [5, 5.41) is 3.27. The first-order valence-electron chi connectivity index (χ1n) is 9.85. The van der Waals surface area contributed by atoms with Crippen LogP contribution in [0.3, 0.4) is 0 Å². The lowest BCUT2D eigenvalue weighted by Gasteiger charge is -2.06. The molecule has 3 heterocycles. The van der Waals surface area contributed by atoms with Gasteiger partial charge in [0.15, 0.2) is 5.76 Å². The van der Waals surface area contributed by atoms with Crippen LogP contribution < -0.4 is 10.3 Å². The number of benzene rings is 2. The average Bonchev–Trinajstić information content (AvgIpc) is 3.41. The first kappa shape index (κ1) is 19.3. The monoisotopic (exact) mass is 430 g/mol. The van der Waals surface area contributed by atoms with Crippen molar-refractivity contribution in [1.82, 2.24) is 9.55 Å². The Labute approximate surface area is 181 Å². The molecule has 7 heteroatoms. The van der Waals surface area contributed by atoms with E-state index in [4.69, 9.17) is 9.15 Å². The number of carbonyl (C=O) groups is 1. The quantitative estimate of drug-likeness (QED) is 0.348. The SMILES string of the molecule is CCOc1ccc(-c2csc3ncn(CC(=O)c4cc5ccccc5o4)c(=O)c23)cc1. The van der Waals surface area contributed by atoms with Gasteiger partial charge in [-0.2, -0.15) is 0 Å². The topological polar surface area (TPSA) is 74.3 Å². The number of carbonyl (C=O) groups excluding carboxylic acids is 1. The molecule has 0 radical (unpaired) electrons. The predicted octanol–water partition coefficient (Wildman–Crippen LogP) is 5.15. The molecule has 0 bridgehead atoms. The van der Waals surface area contributed by atoms with E-state index in [1.54, 1.807) is 12.1 Å². The summed E-state index contributed by atoms with van der Waals surface area (Å²) >= 11 is 1.41. The number of nitrogens with zero attached hydrogens (tertiary/aromatic N) is 2. The number of aromatic nitrogens is 2. The molecular weight excluding hydrogens is 412 g/mol. The molecule has 5 rings (SSSR count). The van der Waals surface area contributed by atoms with Gasteiger partial charge in [0, 0.05) is 16.3 Å². The van der Waals surface area contributed by atoms with Crippen molar-refractivity contribution in [2.24, 2.45) is 0 Å². The third-order valence-corrected chi connectivity index (χ3v) is 5.94. The Morgan fingerprint density at radius 2 is 1.97 bits per heavy atom. The first-order valence-corrected chi connectivity index (χ1v) is 10.7. The standard InChI is InChI=1S/C24H18N2O4S/c1-2-29-17-9-7-15(8-10-17)18-13-31-23-22(18)24(28)26(14-25-23)12-19(27)21-11-16-5-3-4-6-20(16)30-21/h3-11,13-14H,2,12H2,1H3. The molecule has 0 aliphatic rings. The van der Waals surface area contributed by atoms with Crippen molar-refractivity contribution >= 4 is 38.3 Å². The fourth-order valence-electron chi connectivity index (χ4n) is 3.54. The van der Waals surface area contributed by atoms with Crippen molar-refractivity contribution in [3.8, 4) is 16.9 Å². The third kappa shape index (κ3) is 3.53. The molecule has 2 aromatic carbocycles. The molecule has 0 atom stereocenters. The van der Waals surface area contributed by atoms with Crippen molar-refractivity contribution in [2.45, 2.75) is 13.5 Å². The molecule has 6 nitrogen and oxygen atoms in total. The molecule has 3 aromatic heterocycles. The number of hydrogen-bond acceptors (Lipinski definition) is 6. The van der Waals surface area contributed by atoms with E-state index < -0.39 is 0 Å². The highest BCUT2D eigenvalue weighted by Gasteiger charge is 2.17. The summed E-state index contributed by atoms with van der Waals surface area (Å²) in [6.07, 6.45) is 1.42. The van der Waals surface area contributed by atoms with Gasteiger partial charge < -0.3 is 9.15 Å². The van der Waals surface area contributed by atoms with E-state index in [-0.39, 0.29) is 23.6 Å². The second-order valence-electron chi connectivity index (χ2n) is 7.04. The Balaban J connectivity index is 1.50. The van der Waals surface area contributed by atoms with E-state index in [1.807, 2.05) is 54.8 Å². The zero-order valence-electron chi connectivity index (χ0n) is 16.7. The Morgan fingerprint density at radius 3 is 2.74 bits per heavy atom. The van der Waals surface area contributed by atoms with E-state index in [0.717, 1.165) is 22.3 Å². The van der Waals surface area contributed by atoms with E-state index in [0.29, 0.717) is 22.4 Å². The number of thiophene rings is 1. The molecule has 0 fully saturated rings. The third-order valence-electron chi connectivity index (χ3n) is 5.05. The maximum atomic E-state index is 13.2. The number of ether oxygens (including phenoxy) is 1. The highest BCUT2D eigenvalue weighted by molar-refractivity contribution is 7.17. The van der Waals surface area contributed by atoms with Crippen molar-refractivity contribution in [3.63, 3.8) is 0 Å². The number of hydrogen-bond donors (Lipinski definition) is 0. The minimum Gasteiger partial charge on any atom is -0.494 e. The fraction of sp³-hybridized carbons (Fsp3) is 0.125. The van der Waals surface area contributed by atoms with Crippen LogP contribution in [0.5, 0.6) is 5.75 Å². The smallest absolute Gasteiger partial charge is 0.263 e. The molecule has 5 aromatic rings. The van der Waals surface area contributed by atoms with Gasteiger partial charge in [-0.1, -0.05) is 30.3 Å². The summed E-state index contributed by atoms with van der Waals surface area (Å²) in [6, 6.07) is 16.7. The van der Waals surface area contributed by atoms with Gasteiger partial charge in [0.05, 0.1) is 24.9 Å². The van der Waals surface area contributed by atoms with Crippen LogP contribution in [0.15, 0.2) is 75.5 Å². The van der Waals surface area contributed by atoms with Crippen LogP contribution in [0, 0.1) is 0 Å². The Morgan fingerprint density at radius 1 is 1.16 bits per heavy atom. The molecule has 31 heavy (non-hydrogen) atoms. The number of ketones is 1. The Hall–Kier alpha value is -3.71. The molecule has 0 aliphatic carbocycles. The first-order chi connectivity index (χ1) is 15.1. The zero-order valence-corrected chi connectivity index (χ0v) is 17.5. The number of Topliss-reactive ketones (excluding diaryl/α,β-unsaturated/α-hetero) is 1. The molecule has 0 saturated carbocycles. The summed E-state index contributed by atoms with van der Waals surface area (Å²) in [5.41, 5.74) is 2.09. The number of furan rings is 1. The molecular formula is C24H18N2O4S. The van der Waals surface area contributed by atoms with E-state index in [2.05, 4.69) is 4.98 Å². The Kier molecular flexibility index (Phi) is 4.88. The summed E-state index contributed by atoms with van der Waals surface area (Å²) in [4.78, 5) is 31.0. The van der Waals surface area contributed by atoms with Crippen LogP contribution in [0.1, 0.15) is 17.5 Å². The van der Waals surface area contributed by atoms with Gasteiger partial charge >= 0.3 is 0 Å². The molecule has 0 aliphatic heterocycles. The molecule has 0 amide bonds. The van der Waals surface area contributed by atoms with Gasteiger partial charge in [0.25, 0.3) is 5.56 Å². The second-order valence-corrected chi connectivity index (χ2v) is 7.89. The zero-order chi connectivity index (χ0) is 21.4. The molecule has 0 unspecified atom stereocenters. The van der Waals surface area contributed by atoms with Gasteiger partial charge in [-0.15, -0.1) is 11.3 Å². The van der Waals surface area contributed by atoms with Gasteiger partial charge in [-0.05, 0) is 36.8 Å². The van der Waals surface area contributed by atoms with E-state index >= 15 is 0 Å². The lowest BCUT2D eigenvalue weighted by atomic mass is 10.1. The van der Waals surface area contributed by atoms with Gasteiger partial charge in [0.2, 0.25) is 5.78 Å². The minimum atomic E-state index is -0.280. The van der Waals surface area contributed by atoms with Crippen molar-refractivity contribution in [1.29, 1.82) is 0 Å². The lowest BCUT2D eigenvalue weighted by Crippen LogP contribution is -2.24. The molecule has 154 valence electrons. The van der Waals surface area contributed by atoms with E-state index in [9.17, 15) is 9.59 Å². The summed E-state index contributed by atoms with van der Waals surface area (Å²) in [7, 11) is 0. The van der Waals surface area contributed by atoms with Crippen LogP contribution in [-0.2, 0) is 6.54 Å². The largest absolute Gasteiger partial charge is 0.494 e.